The van der Waals surface area contributed by atoms with Crippen molar-refractivity contribution >= 4 is 16.8 Å². The Morgan fingerprint density at radius 2 is 2.14 bits per heavy atom. The summed E-state index contributed by atoms with van der Waals surface area (Å²) in [5.74, 6) is 0.151. The van der Waals surface area contributed by atoms with Gasteiger partial charge < -0.3 is 15.2 Å². The van der Waals surface area contributed by atoms with Crippen molar-refractivity contribution in [3.63, 3.8) is 0 Å². The Balaban J connectivity index is 1.87. The van der Waals surface area contributed by atoms with Gasteiger partial charge in [0.05, 0.1) is 0 Å². The van der Waals surface area contributed by atoms with Gasteiger partial charge in [-0.2, -0.15) is 0 Å². The van der Waals surface area contributed by atoms with Crippen LogP contribution in [0.15, 0.2) is 30.5 Å². The van der Waals surface area contributed by atoms with E-state index in [2.05, 4.69) is 29.0 Å². The van der Waals surface area contributed by atoms with Crippen molar-refractivity contribution in [3.05, 3.63) is 36.0 Å². The van der Waals surface area contributed by atoms with E-state index in [0.717, 1.165) is 42.4 Å². The lowest BCUT2D eigenvalue weighted by Gasteiger charge is -2.40. The van der Waals surface area contributed by atoms with E-state index in [9.17, 15) is 4.79 Å². The Bertz CT molecular complexity index is 634. The number of benzene rings is 1. The molecule has 1 aromatic carbocycles. The molecule has 21 heavy (non-hydrogen) atoms. The Kier molecular flexibility index (Phi) is 3.97. The molecule has 0 saturated carbocycles. The Morgan fingerprint density at radius 1 is 1.29 bits per heavy atom. The molecule has 4 nitrogen and oxygen atoms in total. The van der Waals surface area contributed by atoms with Crippen LogP contribution in [-0.4, -0.2) is 41.0 Å². The van der Waals surface area contributed by atoms with E-state index < -0.39 is 0 Å². The number of fused-ring (bicyclic) bond motifs is 1. The maximum absolute atomic E-state index is 12.9. The first-order valence-corrected chi connectivity index (χ1v) is 7.84. The van der Waals surface area contributed by atoms with Crippen molar-refractivity contribution in [2.45, 2.75) is 38.8 Å². The summed E-state index contributed by atoms with van der Waals surface area (Å²) in [6.07, 6.45) is 3.95. The lowest BCUT2D eigenvalue weighted by atomic mass is 10.0. The minimum atomic E-state index is 0.151. The first kappa shape index (κ1) is 14.1. The number of aromatic nitrogens is 1. The highest BCUT2D eigenvalue weighted by Crippen LogP contribution is 2.19. The topological polar surface area (TPSA) is 48.1 Å². The number of H-pyrrole nitrogens is 1. The van der Waals surface area contributed by atoms with Crippen LogP contribution < -0.4 is 5.32 Å². The van der Waals surface area contributed by atoms with Crippen LogP contribution in [0.2, 0.25) is 0 Å². The van der Waals surface area contributed by atoms with Gasteiger partial charge in [0.2, 0.25) is 0 Å². The maximum Gasteiger partial charge on any atom is 0.254 e. The molecule has 1 aliphatic heterocycles. The molecule has 0 radical (unpaired) electrons. The predicted octanol–water partition coefficient (Wildman–Crippen LogP) is 2.77. The highest BCUT2D eigenvalue weighted by atomic mass is 16.2. The van der Waals surface area contributed by atoms with E-state index in [4.69, 9.17) is 0 Å². The lowest BCUT2D eigenvalue weighted by molar-refractivity contribution is 0.0576. The lowest BCUT2D eigenvalue weighted by Crippen LogP contribution is -2.57. The van der Waals surface area contributed by atoms with E-state index in [1.54, 1.807) is 0 Å². The zero-order valence-electron chi connectivity index (χ0n) is 12.7. The maximum atomic E-state index is 12.9. The van der Waals surface area contributed by atoms with Gasteiger partial charge in [-0.25, -0.2) is 0 Å². The number of hydrogen-bond acceptors (Lipinski definition) is 2. The van der Waals surface area contributed by atoms with Crippen LogP contribution in [-0.2, 0) is 0 Å². The highest BCUT2D eigenvalue weighted by Gasteiger charge is 2.30. The first-order chi connectivity index (χ1) is 10.2. The van der Waals surface area contributed by atoms with E-state index in [1.165, 1.54) is 0 Å². The van der Waals surface area contributed by atoms with Gasteiger partial charge in [-0.15, -0.1) is 0 Å². The molecular weight excluding hydrogens is 262 g/mol. The van der Waals surface area contributed by atoms with Gasteiger partial charge in [0.25, 0.3) is 5.91 Å². The molecule has 0 aliphatic carbocycles. The number of piperazine rings is 1. The Hall–Kier alpha value is -1.81. The molecule has 0 spiro atoms. The number of carbonyl (C=O) groups is 1. The van der Waals surface area contributed by atoms with Crippen LogP contribution in [0.1, 0.15) is 37.0 Å². The molecule has 1 aliphatic rings. The van der Waals surface area contributed by atoms with E-state index in [1.807, 2.05) is 30.5 Å². The summed E-state index contributed by atoms with van der Waals surface area (Å²) in [4.78, 5) is 18.1. The number of hydrogen-bond donors (Lipinski definition) is 2. The smallest absolute Gasteiger partial charge is 0.254 e. The molecule has 112 valence electrons. The summed E-state index contributed by atoms with van der Waals surface area (Å²) < 4.78 is 0. The largest absolute Gasteiger partial charge is 0.361 e. The molecule has 2 N–H and O–H groups in total. The minimum Gasteiger partial charge on any atom is -0.361 e. The zero-order chi connectivity index (χ0) is 14.8. The molecule has 2 aromatic rings. The molecule has 1 saturated heterocycles. The fourth-order valence-electron chi connectivity index (χ4n) is 3.10. The number of nitrogens with zero attached hydrogens (tertiary/aromatic N) is 1. The molecule has 1 aromatic heterocycles. The molecule has 2 unspecified atom stereocenters. The average Bonchev–Trinajstić information content (AvgIpc) is 3.01. The van der Waals surface area contributed by atoms with Crippen molar-refractivity contribution in [2.24, 2.45) is 0 Å². The molecule has 1 amide bonds. The van der Waals surface area contributed by atoms with Crippen molar-refractivity contribution < 1.29 is 4.79 Å². The second-order valence-corrected chi connectivity index (χ2v) is 5.81. The summed E-state index contributed by atoms with van der Waals surface area (Å²) in [5, 5.41) is 4.68. The molecule has 2 heterocycles. The van der Waals surface area contributed by atoms with Gasteiger partial charge in [-0.05, 0) is 36.4 Å². The van der Waals surface area contributed by atoms with Crippen molar-refractivity contribution in [2.75, 3.05) is 13.1 Å². The van der Waals surface area contributed by atoms with Crippen molar-refractivity contribution in [1.82, 2.24) is 15.2 Å². The Morgan fingerprint density at radius 3 is 2.90 bits per heavy atom. The van der Waals surface area contributed by atoms with Crippen molar-refractivity contribution in [1.29, 1.82) is 0 Å². The van der Waals surface area contributed by atoms with Crippen LogP contribution in [0.5, 0.6) is 0 Å². The van der Waals surface area contributed by atoms with Crippen LogP contribution in [0.4, 0.5) is 0 Å². The minimum absolute atomic E-state index is 0.151. The van der Waals surface area contributed by atoms with Gasteiger partial charge in [0.1, 0.15) is 0 Å². The number of carbonyl (C=O) groups excluding carboxylic acids is 1. The normalized spacial score (nSPS) is 22.7. The Labute approximate surface area is 125 Å². The van der Waals surface area contributed by atoms with Gasteiger partial charge >= 0.3 is 0 Å². The number of nitrogens with one attached hydrogen (secondary N) is 2. The van der Waals surface area contributed by atoms with Crippen LogP contribution in [0, 0.1) is 0 Å². The van der Waals surface area contributed by atoms with Gasteiger partial charge in [0.15, 0.2) is 0 Å². The second-order valence-electron chi connectivity index (χ2n) is 5.81. The molecule has 2 atom stereocenters. The summed E-state index contributed by atoms with van der Waals surface area (Å²) in [6.45, 7) is 6.01. The standard InChI is InChI=1S/C17H23N3O/c1-3-14-11-20(15(4-2)10-19-14)17(21)13-6-5-12-7-8-18-16(12)9-13/h5-9,14-15,18-19H,3-4,10-11H2,1-2H3. The summed E-state index contributed by atoms with van der Waals surface area (Å²) in [6, 6.07) is 8.64. The van der Waals surface area contributed by atoms with Crippen LogP contribution in [0.25, 0.3) is 10.9 Å². The zero-order valence-corrected chi connectivity index (χ0v) is 12.7. The van der Waals surface area contributed by atoms with E-state index in [0.29, 0.717) is 12.1 Å². The molecule has 4 heteroatoms. The number of amides is 1. The summed E-state index contributed by atoms with van der Waals surface area (Å²) in [5.41, 5.74) is 1.80. The van der Waals surface area contributed by atoms with E-state index >= 15 is 0 Å². The third kappa shape index (κ3) is 2.68. The van der Waals surface area contributed by atoms with Gasteiger partial charge in [0, 0.05) is 42.5 Å². The average molecular weight is 285 g/mol. The third-order valence-corrected chi connectivity index (χ3v) is 4.53. The first-order valence-electron chi connectivity index (χ1n) is 7.84. The molecule has 3 rings (SSSR count). The highest BCUT2D eigenvalue weighted by molar-refractivity contribution is 5.98. The van der Waals surface area contributed by atoms with E-state index in [-0.39, 0.29) is 5.91 Å². The SMILES string of the molecule is CCC1CN(C(=O)c2ccc3cc[nH]c3c2)C(CC)CN1. The third-order valence-electron chi connectivity index (χ3n) is 4.53. The fraction of sp³-hybridized carbons (Fsp3) is 0.471. The predicted molar refractivity (Wildman–Crippen MR) is 85.5 cm³/mol. The molecule has 1 fully saturated rings. The number of rotatable bonds is 3. The summed E-state index contributed by atoms with van der Waals surface area (Å²) in [7, 11) is 0. The van der Waals surface area contributed by atoms with Crippen molar-refractivity contribution in [3.8, 4) is 0 Å². The fourth-order valence-corrected chi connectivity index (χ4v) is 3.10. The summed E-state index contributed by atoms with van der Waals surface area (Å²) >= 11 is 0. The van der Waals surface area contributed by atoms with Gasteiger partial charge in [-0.1, -0.05) is 19.9 Å². The monoisotopic (exact) mass is 285 g/mol. The van der Waals surface area contributed by atoms with Crippen LogP contribution >= 0.6 is 0 Å². The van der Waals surface area contributed by atoms with Gasteiger partial charge in [-0.3, -0.25) is 4.79 Å². The van der Waals surface area contributed by atoms with Crippen LogP contribution in [0.3, 0.4) is 0 Å². The molecular formula is C17H23N3O. The molecule has 0 bridgehead atoms. The number of aromatic amines is 1. The second kappa shape index (κ2) is 5.90. The quantitative estimate of drug-likeness (QED) is 0.911.